The molecule has 1 aliphatic rings. The first-order valence-corrected chi connectivity index (χ1v) is 14.9. The molecule has 0 aromatic heterocycles. The van der Waals surface area contributed by atoms with E-state index in [0.717, 1.165) is 0 Å². The van der Waals surface area contributed by atoms with Crippen LogP contribution in [0, 0.1) is 0 Å². The molecule has 0 aliphatic carbocycles. The van der Waals surface area contributed by atoms with Gasteiger partial charge in [0.1, 0.15) is 11.3 Å². The summed E-state index contributed by atoms with van der Waals surface area (Å²) in [5.74, 6) is -2.61. The van der Waals surface area contributed by atoms with E-state index in [1.807, 2.05) is 13.8 Å². The Morgan fingerprint density at radius 3 is 1.77 bits per heavy atom. The van der Waals surface area contributed by atoms with Crippen molar-refractivity contribution in [3.8, 4) is 5.75 Å². The second-order valence-corrected chi connectivity index (χ2v) is 10.8. The number of nitrogens with two attached hydrogens (primary N) is 1. The molecule has 2 rings (SSSR count). The number of esters is 5. The van der Waals surface area contributed by atoms with Gasteiger partial charge >= 0.3 is 29.8 Å². The molecule has 0 unspecified atom stereocenters. The summed E-state index contributed by atoms with van der Waals surface area (Å²) in [5.41, 5.74) is 5.48. The Balaban J connectivity index is 2.25. The SMILES string of the molecule is CCCC(=O)Oc1ccc(C[C@@](C)(N)C(=O)O[C@@H]2OC[C@@H](OC(=O)CCC)[C@H](OC(=O)CCC)[C@H]2OC(=O)CCC)cc1. The van der Waals surface area contributed by atoms with Gasteiger partial charge < -0.3 is 34.2 Å². The number of ether oxygens (including phenoxy) is 6. The number of hydrogen-bond donors (Lipinski definition) is 1. The number of hydrogen-bond acceptors (Lipinski definition) is 12. The number of rotatable bonds is 16. The summed E-state index contributed by atoms with van der Waals surface area (Å²) >= 11 is 0. The van der Waals surface area contributed by atoms with Crippen LogP contribution in [0.4, 0.5) is 0 Å². The Morgan fingerprint density at radius 1 is 0.744 bits per heavy atom. The first-order chi connectivity index (χ1) is 20.4. The number of carbonyl (C=O) groups is 5. The lowest BCUT2D eigenvalue weighted by molar-refractivity contribution is -0.277. The molecular formula is C31H45NO11. The summed E-state index contributed by atoms with van der Waals surface area (Å²) < 4.78 is 33.4. The molecule has 2 N–H and O–H groups in total. The third-order valence-electron chi connectivity index (χ3n) is 6.43. The molecule has 12 nitrogen and oxygen atoms in total. The van der Waals surface area contributed by atoms with Crippen LogP contribution in [-0.4, -0.2) is 66.6 Å². The molecule has 0 amide bonds. The zero-order valence-electron chi connectivity index (χ0n) is 25.8. The van der Waals surface area contributed by atoms with Gasteiger partial charge in [-0.05, 0) is 50.3 Å². The van der Waals surface area contributed by atoms with Crippen molar-refractivity contribution < 1.29 is 52.4 Å². The van der Waals surface area contributed by atoms with Crippen molar-refractivity contribution in [2.45, 2.75) is 123 Å². The first-order valence-electron chi connectivity index (χ1n) is 14.9. The van der Waals surface area contributed by atoms with Crippen LogP contribution in [0.15, 0.2) is 24.3 Å². The van der Waals surface area contributed by atoms with Crippen molar-refractivity contribution in [1.82, 2.24) is 0 Å². The Hall–Kier alpha value is -3.51. The second-order valence-electron chi connectivity index (χ2n) is 10.8. The van der Waals surface area contributed by atoms with Gasteiger partial charge in [0, 0.05) is 32.1 Å². The summed E-state index contributed by atoms with van der Waals surface area (Å²) in [6.07, 6.45) is -2.51. The highest BCUT2D eigenvalue weighted by molar-refractivity contribution is 5.81. The monoisotopic (exact) mass is 607 g/mol. The molecular weight excluding hydrogens is 562 g/mol. The van der Waals surface area contributed by atoms with Crippen molar-refractivity contribution >= 4 is 29.8 Å². The van der Waals surface area contributed by atoms with Crippen molar-refractivity contribution in [2.24, 2.45) is 5.73 Å². The molecule has 5 atom stereocenters. The minimum absolute atomic E-state index is 0.0471. The van der Waals surface area contributed by atoms with E-state index in [2.05, 4.69) is 0 Å². The third kappa shape index (κ3) is 11.6. The maximum atomic E-state index is 13.3. The molecule has 1 saturated heterocycles. The van der Waals surface area contributed by atoms with Crippen LogP contribution in [0.5, 0.6) is 5.75 Å². The summed E-state index contributed by atoms with van der Waals surface area (Å²) in [4.78, 5) is 62.5. The van der Waals surface area contributed by atoms with Gasteiger partial charge in [-0.2, -0.15) is 0 Å². The first kappa shape index (κ1) is 35.7. The lowest BCUT2D eigenvalue weighted by Crippen LogP contribution is -2.60. The molecule has 0 radical (unpaired) electrons. The summed E-state index contributed by atoms with van der Waals surface area (Å²) in [7, 11) is 0. The van der Waals surface area contributed by atoms with E-state index in [0.29, 0.717) is 43.4 Å². The molecule has 43 heavy (non-hydrogen) atoms. The van der Waals surface area contributed by atoms with E-state index < -0.39 is 54.0 Å². The maximum absolute atomic E-state index is 13.3. The van der Waals surface area contributed by atoms with Gasteiger partial charge in [0.05, 0.1) is 6.61 Å². The average Bonchev–Trinajstić information content (AvgIpc) is 2.93. The van der Waals surface area contributed by atoms with Crippen molar-refractivity contribution in [1.29, 1.82) is 0 Å². The predicted octanol–water partition coefficient (Wildman–Crippen LogP) is 3.69. The second kappa shape index (κ2) is 17.6. The van der Waals surface area contributed by atoms with Crippen LogP contribution >= 0.6 is 0 Å². The molecule has 0 saturated carbocycles. The summed E-state index contributed by atoms with van der Waals surface area (Å²) in [5, 5.41) is 0. The zero-order chi connectivity index (χ0) is 32.0. The molecule has 1 aliphatic heterocycles. The molecule has 0 spiro atoms. The lowest BCUT2D eigenvalue weighted by atomic mass is 9.94. The quantitative estimate of drug-likeness (QED) is 0.165. The molecule has 1 fully saturated rings. The van der Waals surface area contributed by atoms with Crippen LogP contribution < -0.4 is 10.5 Å². The fraction of sp³-hybridized carbons (Fsp3) is 0.645. The Morgan fingerprint density at radius 2 is 1.23 bits per heavy atom. The van der Waals surface area contributed by atoms with Gasteiger partial charge in [-0.3, -0.25) is 19.2 Å². The van der Waals surface area contributed by atoms with Crippen molar-refractivity contribution in [2.75, 3.05) is 6.61 Å². The van der Waals surface area contributed by atoms with E-state index in [4.69, 9.17) is 34.2 Å². The van der Waals surface area contributed by atoms with E-state index in [1.54, 1.807) is 38.1 Å². The van der Waals surface area contributed by atoms with Gasteiger partial charge in [-0.15, -0.1) is 0 Å². The van der Waals surface area contributed by atoms with Crippen molar-refractivity contribution in [3.63, 3.8) is 0 Å². The van der Waals surface area contributed by atoms with Gasteiger partial charge in [-0.1, -0.05) is 39.8 Å². The third-order valence-corrected chi connectivity index (χ3v) is 6.43. The molecule has 1 aromatic carbocycles. The highest BCUT2D eigenvalue weighted by Crippen LogP contribution is 2.28. The smallest absolute Gasteiger partial charge is 0.328 e. The topological polar surface area (TPSA) is 167 Å². The van der Waals surface area contributed by atoms with E-state index >= 15 is 0 Å². The number of carbonyl (C=O) groups excluding carboxylic acids is 5. The fourth-order valence-electron chi connectivity index (χ4n) is 4.27. The van der Waals surface area contributed by atoms with Crippen LogP contribution in [0.2, 0.25) is 0 Å². The van der Waals surface area contributed by atoms with Gasteiger partial charge in [0.15, 0.2) is 12.2 Å². The van der Waals surface area contributed by atoms with Crippen LogP contribution in [0.25, 0.3) is 0 Å². The Kier molecular flexibility index (Phi) is 14.6. The molecule has 1 aromatic rings. The standard InChI is InChI=1S/C31H45NO11/c1-6-10-23(33)39-21-16-14-20(15-17-21)18-31(5,32)30(37)43-29-28(42-26(36)13-9-4)27(41-25(35)12-8-3)22(19-38-29)40-24(34)11-7-2/h14-17,22,27-29H,6-13,18-19,32H2,1-5H3/t22-,27+,28-,29+,31-/m1/s1. The van der Waals surface area contributed by atoms with Gasteiger partial charge in [0.2, 0.25) is 12.4 Å². The zero-order valence-corrected chi connectivity index (χ0v) is 25.8. The largest absolute Gasteiger partial charge is 0.456 e. The highest BCUT2D eigenvalue weighted by Gasteiger charge is 2.50. The minimum atomic E-state index is -1.55. The molecule has 12 heteroatoms. The summed E-state index contributed by atoms with van der Waals surface area (Å²) in [6, 6.07) is 6.57. The normalized spacial score (nSPS) is 21.2. The number of benzene rings is 1. The van der Waals surface area contributed by atoms with Crippen LogP contribution in [-0.2, 0) is 54.1 Å². The predicted molar refractivity (Wildman–Crippen MR) is 153 cm³/mol. The average molecular weight is 608 g/mol. The minimum Gasteiger partial charge on any atom is -0.456 e. The highest BCUT2D eigenvalue weighted by atomic mass is 16.7. The van der Waals surface area contributed by atoms with Crippen LogP contribution in [0.3, 0.4) is 0 Å². The summed E-state index contributed by atoms with van der Waals surface area (Å²) in [6.45, 7) is 8.45. The van der Waals surface area contributed by atoms with E-state index in [1.165, 1.54) is 6.92 Å². The Labute approximate surface area is 252 Å². The lowest BCUT2D eigenvalue weighted by Gasteiger charge is -2.40. The molecule has 240 valence electrons. The van der Waals surface area contributed by atoms with Gasteiger partial charge in [-0.25, -0.2) is 4.79 Å². The molecule has 0 bridgehead atoms. The van der Waals surface area contributed by atoms with Gasteiger partial charge in [0.25, 0.3) is 0 Å². The van der Waals surface area contributed by atoms with Crippen molar-refractivity contribution in [3.05, 3.63) is 29.8 Å². The fourth-order valence-corrected chi connectivity index (χ4v) is 4.27. The molecule has 1 heterocycles. The Bertz CT molecular complexity index is 1090. The van der Waals surface area contributed by atoms with E-state index in [-0.39, 0.29) is 38.3 Å². The van der Waals surface area contributed by atoms with Crippen LogP contribution in [0.1, 0.15) is 91.5 Å². The maximum Gasteiger partial charge on any atom is 0.328 e. The van der Waals surface area contributed by atoms with E-state index in [9.17, 15) is 24.0 Å².